The SMILES string of the molecule is CC1=[C-]C(C)(C)c2cc3c(cc21)-c1cc2c(cc1C3)C(C)(C)C=C2C.CC1[C-]=CC(C2(C)CCCCC2)=C1.[Cl-].[Cl-].[Zr+2]=[C](c1ccccc1)c1ccccc1. The second kappa shape index (κ2) is 16.7. The van der Waals surface area contributed by atoms with Crippen molar-refractivity contribution in [3.05, 3.63) is 165 Å². The Kier molecular flexibility index (Phi) is 13.1. The van der Waals surface area contributed by atoms with Gasteiger partial charge in [0.2, 0.25) is 0 Å². The second-order valence-electron chi connectivity index (χ2n) is 17.2. The van der Waals surface area contributed by atoms with Crippen LogP contribution in [-0.2, 0) is 41.5 Å². The molecule has 1 unspecified atom stereocenters. The van der Waals surface area contributed by atoms with E-state index in [0.717, 1.165) is 6.42 Å². The van der Waals surface area contributed by atoms with Gasteiger partial charge in [0.1, 0.15) is 0 Å². The molecule has 0 aliphatic heterocycles. The van der Waals surface area contributed by atoms with Crippen molar-refractivity contribution in [3.8, 4) is 11.1 Å². The topological polar surface area (TPSA) is 0 Å². The maximum atomic E-state index is 3.65. The van der Waals surface area contributed by atoms with Crippen LogP contribution in [0.1, 0.15) is 132 Å². The zero-order valence-corrected chi connectivity index (χ0v) is 37.4. The number of rotatable bonds is 3. The summed E-state index contributed by atoms with van der Waals surface area (Å²) in [5.41, 5.74) is 19.2. The Morgan fingerprint density at radius 1 is 0.685 bits per heavy atom. The van der Waals surface area contributed by atoms with Crippen molar-refractivity contribution in [2.45, 2.75) is 105 Å². The molecule has 0 nitrogen and oxygen atoms in total. The van der Waals surface area contributed by atoms with Gasteiger partial charge in [-0.1, -0.05) is 116 Å². The number of hydrogen-bond acceptors (Lipinski definition) is 0. The van der Waals surface area contributed by atoms with E-state index >= 15 is 0 Å². The van der Waals surface area contributed by atoms with Crippen LogP contribution in [-0.4, -0.2) is 3.21 Å². The molecule has 9 rings (SSSR count). The summed E-state index contributed by atoms with van der Waals surface area (Å²) >= 11 is 1.46. The molecule has 0 aromatic heterocycles. The van der Waals surface area contributed by atoms with Crippen LogP contribution in [0.25, 0.3) is 22.3 Å². The Morgan fingerprint density at radius 2 is 1.22 bits per heavy atom. The van der Waals surface area contributed by atoms with Gasteiger partial charge < -0.3 is 24.8 Å². The predicted molar refractivity (Wildman–Crippen MR) is 219 cm³/mol. The summed E-state index contributed by atoms with van der Waals surface area (Å²) < 4.78 is 1.42. The minimum absolute atomic E-state index is 0. The number of allylic oxidation sites excluding steroid dienone is 8. The standard InChI is InChI=1S/C25H25.C13H19.C13H10.2ClH.Zr/c1-14-12-24(3,4)22-8-16-7-17-9-23-19(15(2)13-25(23,5)6)11-21(17)20(16)10-18(14)22;1-11-6-7-12(10-11)13(2)8-4-3-5-9-13;1-3-7-12(8-4-1)11-13-9-5-2-6-10-13;;;/h8-12H,7H2,1-6H3;7,10-11H,3-5,8-9H2,1-2H3;1-10H;2*1H;/q2*-1;;;;+2/p-2. The van der Waals surface area contributed by atoms with Gasteiger partial charge in [-0.25, -0.2) is 11.6 Å². The fraction of sp³-hybridized carbons (Fsp3) is 0.353. The Balaban J connectivity index is 0.000000166. The van der Waals surface area contributed by atoms with E-state index in [1.165, 1.54) is 126 Å². The zero-order valence-electron chi connectivity index (χ0n) is 33.4. The molecule has 5 aliphatic rings. The van der Waals surface area contributed by atoms with Crippen LogP contribution in [0.5, 0.6) is 0 Å². The number of hydrogen-bond donors (Lipinski definition) is 0. The van der Waals surface area contributed by atoms with Crippen molar-refractivity contribution >= 4 is 14.4 Å². The molecule has 4 aromatic carbocycles. The summed E-state index contributed by atoms with van der Waals surface area (Å²) in [4.78, 5) is 0. The fourth-order valence-electron chi connectivity index (χ4n) is 9.23. The van der Waals surface area contributed by atoms with Gasteiger partial charge in [-0.15, -0.1) is 11.6 Å². The molecule has 3 heteroatoms. The van der Waals surface area contributed by atoms with Crippen molar-refractivity contribution in [2.75, 3.05) is 0 Å². The van der Waals surface area contributed by atoms with Gasteiger partial charge in [0.15, 0.2) is 0 Å². The van der Waals surface area contributed by atoms with E-state index < -0.39 is 0 Å². The summed E-state index contributed by atoms with van der Waals surface area (Å²) in [6.07, 6.45) is 22.2. The summed E-state index contributed by atoms with van der Waals surface area (Å²) in [6.45, 7) is 18.3. The number of fused-ring (bicyclic) bond motifs is 5. The fourth-order valence-corrected chi connectivity index (χ4v) is 10.1. The van der Waals surface area contributed by atoms with Gasteiger partial charge in [0.25, 0.3) is 0 Å². The molecule has 1 atom stereocenters. The van der Waals surface area contributed by atoms with Crippen LogP contribution in [0.2, 0.25) is 0 Å². The molecule has 54 heavy (non-hydrogen) atoms. The summed E-state index contributed by atoms with van der Waals surface area (Å²) in [6, 6.07) is 30.9. The quantitative estimate of drug-likeness (QED) is 0.170. The van der Waals surface area contributed by atoms with Gasteiger partial charge in [-0.3, -0.25) is 12.2 Å². The molecule has 0 heterocycles. The molecular formula is C51H54Cl2Zr-2. The molecule has 1 fully saturated rings. The molecule has 0 radical (unpaired) electrons. The van der Waals surface area contributed by atoms with E-state index in [9.17, 15) is 0 Å². The van der Waals surface area contributed by atoms with Crippen molar-refractivity contribution in [1.82, 2.24) is 0 Å². The first-order valence-corrected chi connectivity index (χ1v) is 20.7. The van der Waals surface area contributed by atoms with Crippen LogP contribution in [0, 0.1) is 23.5 Å². The minimum atomic E-state index is 0. The molecule has 0 amide bonds. The van der Waals surface area contributed by atoms with Crippen LogP contribution >= 0.6 is 0 Å². The maximum absolute atomic E-state index is 3.65. The second-order valence-corrected chi connectivity index (χ2v) is 18.4. The van der Waals surface area contributed by atoms with E-state index in [-0.39, 0.29) is 35.6 Å². The molecule has 0 N–H and O–H groups in total. The number of halogens is 2. The Hall–Kier alpha value is -2.83. The van der Waals surface area contributed by atoms with E-state index in [1.54, 1.807) is 5.57 Å². The molecule has 0 bridgehead atoms. The normalized spacial score (nSPS) is 19.7. The number of benzene rings is 4. The first-order chi connectivity index (χ1) is 24.8. The van der Waals surface area contributed by atoms with E-state index in [4.69, 9.17) is 0 Å². The molecule has 0 spiro atoms. The van der Waals surface area contributed by atoms with Gasteiger partial charge in [0.05, 0.1) is 0 Å². The monoisotopic (exact) mass is 826 g/mol. The van der Waals surface area contributed by atoms with Gasteiger partial charge in [-0.2, -0.15) is 17.2 Å². The third kappa shape index (κ3) is 8.46. The van der Waals surface area contributed by atoms with E-state index in [1.807, 2.05) is 0 Å². The molecule has 278 valence electrons. The summed E-state index contributed by atoms with van der Waals surface area (Å²) in [5.74, 6) is 0.550. The van der Waals surface area contributed by atoms with Crippen molar-refractivity contribution in [3.63, 3.8) is 0 Å². The summed E-state index contributed by atoms with van der Waals surface area (Å²) in [7, 11) is 0. The van der Waals surface area contributed by atoms with E-state index in [0.29, 0.717) is 11.3 Å². The van der Waals surface area contributed by atoms with Crippen LogP contribution in [0.15, 0.2) is 109 Å². The van der Waals surface area contributed by atoms with Crippen LogP contribution in [0.3, 0.4) is 0 Å². The first-order valence-electron chi connectivity index (χ1n) is 19.4. The van der Waals surface area contributed by atoms with Crippen molar-refractivity contribution in [2.24, 2.45) is 11.3 Å². The molecule has 0 saturated heterocycles. The van der Waals surface area contributed by atoms with Crippen molar-refractivity contribution < 1.29 is 49.0 Å². The first kappa shape index (κ1) is 42.3. The van der Waals surface area contributed by atoms with Gasteiger partial charge >= 0.3 is 99.2 Å². The molecule has 4 aromatic rings. The van der Waals surface area contributed by atoms with Crippen molar-refractivity contribution in [1.29, 1.82) is 0 Å². The van der Waals surface area contributed by atoms with Crippen LogP contribution < -0.4 is 24.8 Å². The molecule has 1 saturated carbocycles. The summed E-state index contributed by atoms with van der Waals surface area (Å²) in [5, 5.41) is 0. The predicted octanol–water partition coefficient (Wildman–Crippen LogP) is 7.15. The Labute approximate surface area is 353 Å². The van der Waals surface area contributed by atoms with Gasteiger partial charge in [-0.05, 0) is 58.4 Å². The molecular weight excluding hydrogens is 775 g/mol. The molecule has 5 aliphatic carbocycles. The average molecular weight is 829 g/mol. The third-order valence-corrected chi connectivity index (χ3v) is 13.6. The van der Waals surface area contributed by atoms with Gasteiger partial charge in [0, 0.05) is 5.41 Å². The van der Waals surface area contributed by atoms with E-state index in [2.05, 4.69) is 171 Å². The third-order valence-electron chi connectivity index (χ3n) is 12.1. The zero-order chi connectivity index (χ0) is 36.8. The van der Waals surface area contributed by atoms with Crippen LogP contribution in [0.4, 0.5) is 0 Å². The Morgan fingerprint density at radius 3 is 1.76 bits per heavy atom. The Bertz CT molecular complexity index is 2010. The average Bonchev–Trinajstić information content (AvgIpc) is 3.85.